The van der Waals surface area contributed by atoms with E-state index in [2.05, 4.69) is 15.6 Å². The highest BCUT2D eigenvalue weighted by Gasteiger charge is 2.14. The van der Waals surface area contributed by atoms with Crippen molar-refractivity contribution < 1.29 is 9.59 Å². The molecule has 6 heteroatoms. The van der Waals surface area contributed by atoms with Gasteiger partial charge in [-0.25, -0.2) is 0 Å². The fourth-order valence-corrected chi connectivity index (χ4v) is 2.62. The van der Waals surface area contributed by atoms with Crippen LogP contribution in [0.15, 0.2) is 53.7 Å². The summed E-state index contributed by atoms with van der Waals surface area (Å²) in [7, 11) is 0. The summed E-state index contributed by atoms with van der Waals surface area (Å²) >= 11 is 1.46. The average molecular weight is 315 g/mol. The fraction of sp³-hybridized carbons (Fsp3) is 0.188. The lowest BCUT2D eigenvalue weighted by Crippen LogP contribution is -2.22. The smallest absolute Gasteiger partial charge is 0.237 e. The van der Waals surface area contributed by atoms with Gasteiger partial charge in [0.15, 0.2) is 0 Å². The van der Waals surface area contributed by atoms with Gasteiger partial charge in [-0.15, -0.1) is 11.8 Å². The molecule has 2 rings (SSSR count). The SMILES string of the molecule is CC(=O)Nc1ccc(SC(C)C(=O)Nc2ccncc2)cc1. The number of hydrogen-bond donors (Lipinski definition) is 2. The highest BCUT2D eigenvalue weighted by Crippen LogP contribution is 2.25. The van der Waals surface area contributed by atoms with Crippen molar-refractivity contribution in [3.05, 3.63) is 48.8 Å². The summed E-state index contributed by atoms with van der Waals surface area (Å²) in [6.07, 6.45) is 3.27. The minimum Gasteiger partial charge on any atom is -0.326 e. The molecule has 1 heterocycles. The highest BCUT2D eigenvalue weighted by molar-refractivity contribution is 8.00. The van der Waals surface area contributed by atoms with Crippen molar-refractivity contribution in [3.63, 3.8) is 0 Å². The molecule has 1 aromatic heterocycles. The van der Waals surface area contributed by atoms with Gasteiger partial charge in [-0.2, -0.15) is 0 Å². The molecule has 1 unspecified atom stereocenters. The van der Waals surface area contributed by atoms with E-state index in [0.717, 1.165) is 16.3 Å². The average Bonchev–Trinajstić information content (AvgIpc) is 2.49. The summed E-state index contributed by atoms with van der Waals surface area (Å²) in [4.78, 5) is 28.0. The Bertz CT molecular complexity index is 644. The van der Waals surface area contributed by atoms with Crippen molar-refractivity contribution in [2.24, 2.45) is 0 Å². The third-order valence-electron chi connectivity index (χ3n) is 2.80. The van der Waals surface area contributed by atoms with Crippen molar-refractivity contribution in [1.82, 2.24) is 4.98 Å². The summed E-state index contributed by atoms with van der Waals surface area (Å²) < 4.78 is 0. The van der Waals surface area contributed by atoms with Crippen molar-refractivity contribution in [2.75, 3.05) is 10.6 Å². The lowest BCUT2D eigenvalue weighted by atomic mass is 10.3. The largest absolute Gasteiger partial charge is 0.326 e. The number of rotatable bonds is 5. The molecule has 0 fully saturated rings. The van der Waals surface area contributed by atoms with Gasteiger partial charge in [0, 0.05) is 35.6 Å². The quantitative estimate of drug-likeness (QED) is 0.831. The molecule has 0 aliphatic rings. The predicted molar refractivity (Wildman–Crippen MR) is 88.9 cm³/mol. The van der Waals surface area contributed by atoms with Crippen LogP contribution in [0, 0.1) is 0 Å². The van der Waals surface area contributed by atoms with E-state index in [1.165, 1.54) is 18.7 Å². The van der Waals surface area contributed by atoms with Crippen molar-refractivity contribution >= 4 is 35.0 Å². The molecule has 1 aromatic carbocycles. The van der Waals surface area contributed by atoms with Crippen LogP contribution in [0.3, 0.4) is 0 Å². The maximum absolute atomic E-state index is 12.1. The van der Waals surface area contributed by atoms with Crippen LogP contribution in [0.5, 0.6) is 0 Å². The lowest BCUT2D eigenvalue weighted by Gasteiger charge is -2.12. The number of amides is 2. The van der Waals surface area contributed by atoms with Crippen molar-refractivity contribution in [1.29, 1.82) is 0 Å². The Labute approximate surface area is 133 Å². The molecule has 0 spiro atoms. The molecular weight excluding hydrogens is 298 g/mol. The van der Waals surface area contributed by atoms with Crippen LogP contribution in [0.2, 0.25) is 0 Å². The number of nitrogens with zero attached hydrogens (tertiary/aromatic N) is 1. The molecule has 5 nitrogen and oxygen atoms in total. The van der Waals surface area contributed by atoms with Gasteiger partial charge in [-0.3, -0.25) is 14.6 Å². The first-order valence-corrected chi connectivity index (χ1v) is 7.68. The molecule has 2 amide bonds. The molecular formula is C16H17N3O2S. The Morgan fingerprint density at radius 3 is 2.18 bits per heavy atom. The summed E-state index contributed by atoms with van der Waals surface area (Å²) in [5.74, 6) is -0.173. The number of pyridine rings is 1. The molecule has 0 radical (unpaired) electrons. The molecule has 0 saturated heterocycles. The zero-order valence-electron chi connectivity index (χ0n) is 12.4. The second-order valence-electron chi connectivity index (χ2n) is 4.69. The second kappa shape index (κ2) is 7.61. The lowest BCUT2D eigenvalue weighted by molar-refractivity contribution is -0.115. The van der Waals surface area contributed by atoms with Crippen LogP contribution in [-0.4, -0.2) is 22.0 Å². The topological polar surface area (TPSA) is 71.1 Å². The Morgan fingerprint density at radius 2 is 1.59 bits per heavy atom. The number of thioether (sulfide) groups is 1. The van der Waals surface area contributed by atoms with Gasteiger partial charge < -0.3 is 10.6 Å². The van der Waals surface area contributed by atoms with Gasteiger partial charge in [0.2, 0.25) is 11.8 Å². The first-order chi connectivity index (χ1) is 10.5. The third kappa shape index (κ3) is 4.89. The molecule has 2 N–H and O–H groups in total. The Morgan fingerprint density at radius 1 is 1.00 bits per heavy atom. The second-order valence-corrected chi connectivity index (χ2v) is 6.10. The van der Waals surface area contributed by atoms with Crippen LogP contribution >= 0.6 is 11.8 Å². The van der Waals surface area contributed by atoms with Gasteiger partial charge in [0.25, 0.3) is 0 Å². The maximum Gasteiger partial charge on any atom is 0.237 e. The number of benzene rings is 1. The molecule has 1 atom stereocenters. The van der Waals surface area contributed by atoms with Gasteiger partial charge in [0.05, 0.1) is 5.25 Å². The van der Waals surface area contributed by atoms with E-state index < -0.39 is 0 Å². The van der Waals surface area contributed by atoms with E-state index in [1.807, 2.05) is 31.2 Å². The van der Waals surface area contributed by atoms with E-state index in [9.17, 15) is 9.59 Å². The standard InChI is InChI=1S/C16H17N3O2S/c1-11(16(21)19-14-7-9-17-10-8-14)22-15-5-3-13(4-6-15)18-12(2)20/h3-11H,1-2H3,(H,18,20)(H,17,19,21). The highest BCUT2D eigenvalue weighted by atomic mass is 32.2. The molecule has 2 aromatic rings. The molecule has 0 saturated carbocycles. The fourth-order valence-electron chi connectivity index (χ4n) is 1.76. The zero-order valence-corrected chi connectivity index (χ0v) is 13.2. The monoisotopic (exact) mass is 315 g/mol. The van der Waals surface area contributed by atoms with Crippen molar-refractivity contribution in [3.8, 4) is 0 Å². The Hall–Kier alpha value is -2.34. The predicted octanol–water partition coefficient (Wildman–Crippen LogP) is 3.16. The van der Waals surface area contributed by atoms with Gasteiger partial charge in [0.1, 0.15) is 0 Å². The molecule has 22 heavy (non-hydrogen) atoms. The van der Waals surface area contributed by atoms with E-state index in [0.29, 0.717) is 0 Å². The van der Waals surface area contributed by atoms with Gasteiger partial charge >= 0.3 is 0 Å². The minimum absolute atomic E-state index is 0.0675. The van der Waals surface area contributed by atoms with Gasteiger partial charge in [-0.05, 0) is 43.3 Å². The maximum atomic E-state index is 12.1. The third-order valence-corrected chi connectivity index (χ3v) is 3.92. The first kappa shape index (κ1) is 16.0. The number of nitrogens with one attached hydrogen (secondary N) is 2. The number of carbonyl (C=O) groups is 2. The number of anilines is 2. The van der Waals surface area contributed by atoms with E-state index in [-0.39, 0.29) is 17.1 Å². The summed E-state index contributed by atoms with van der Waals surface area (Å²) in [6.45, 7) is 3.32. The first-order valence-electron chi connectivity index (χ1n) is 6.80. The summed E-state index contributed by atoms with van der Waals surface area (Å²) in [5, 5.41) is 5.31. The van der Waals surface area contributed by atoms with Crippen molar-refractivity contribution in [2.45, 2.75) is 24.0 Å². The van der Waals surface area contributed by atoms with Crippen LogP contribution < -0.4 is 10.6 Å². The van der Waals surface area contributed by atoms with Crippen LogP contribution in [-0.2, 0) is 9.59 Å². The molecule has 114 valence electrons. The summed E-state index contributed by atoms with van der Waals surface area (Å²) in [5.41, 5.74) is 1.47. The van der Waals surface area contributed by atoms with Crippen LogP contribution in [0.1, 0.15) is 13.8 Å². The van der Waals surface area contributed by atoms with Gasteiger partial charge in [-0.1, -0.05) is 0 Å². The van der Waals surface area contributed by atoms with Crippen LogP contribution in [0.25, 0.3) is 0 Å². The summed E-state index contributed by atoms with van der Waals surface area (Å²) in [6, 6.07) is 10.9. The number of hydrogen-bond acceptors (Lipinski definition) is 4. The Balaban J connectivity index is 1.92. The van der Waals surface area contributed by atoms with E-state index in [1.54, 1.807) is 24.5 Å². The Kier molecular flexibility index (Phi) is 5.55. The number of carbonyl (C=O) groups excluding carboxylic acids is 2. The zero-order chi connectivity index (χ0) is 15.9. The van der Waals surface area contributed by atoms with Crippen LogP contribution in [0.4, 0.5) is 11.4 Å². The normalized spacial score (nSPS) is 11.5. The van der Waals surface area contributed by atoms with E-state index >= 15 is 0 Å². The molecule has 0 aliphatic heterocycles. The molecule has 0 bridgehead atoms. The number of aromatic nitrogens is 1. The van der Waals surface area contributed by atoms with E-state index in [4.69, 9.17) is 0 Å². The molecule has 0 aliphatic carbocycles. The minimum atomic E-state index is -0.236.